The summed E-state index contributed by atoms with van der Waals surface area (Å²) in [5, 5.41) is 11.6. The molecule has 0 radical (unpaired) electrons. The van der Waals surface area contributed by atoms with Crippen LogP contribution < -0.4 is 9.64 Å². The highest BCUT2D eigenvalue weighted by molar-refractivity contribution is 6.74. The number of benzene rings is 1. The fraction of sp³-hybridized carbons (Fsp3) is 0.684. The third kappa shape index (κ3) is 5.67. The first-order valence-corrected chi connectivity index (χ1v) is 12.4. The van der Waals surface area contributed by atoms with Gasteiger partial charge in [-0.1, -0.05) is 20.8 Å². The van der Waals surface area contributed by atoms with Gasteiger partial charge in [-0.05, 0) is 37.3 Å². The van der Waals surface area contributed by atoms with Crippen molar-refractivity contribution in [3.05, 3.63) is 28.3 Å². The van der Waals surface area contributed by atoms with E-state index in [2.05, 4.69) is 50.7 Å². The molecule has 1 saturated heterocycles. The molecule has 1 aromatic rings. The summed E-state index contributed by atoms with van der Waals surface area (Å²) in [6, 6.07) is 5.23. The molecule has 7 nitrogen and oxygen atoms in total. The van der Waals surface area contributed by atoms with Crippen molar-refractivity contribution in [1.29, 1.82) is 0 Å². The third-order valence-corrected chi connectivity index (χ3v) is 10.2. The third-order valence-electron chi connectivity index (χ3n) is 5.62. The van der Waals surface area contributed by atoms with Crippen LogP contribution >= 0.6 is 0 Å². The maximum Gasteiger partial charge on any atom is 0.312 e. The summed E-state index contributed by atoms with van der Waals surface area (Å²) in [7, 11) is 0.246. The standard InChI is InChI=1S/C19H33N3O4Si/c1-19(2,3)27(5,6)26-14-13-25-18-8-7-16(15-17(18)22(23)24)21-11-9-20(4)10-12-21/h7-8,15H,9-14H2,1-6H3. The number of rotatable bonds is 7. The van der Waals surface area contributed by atoms with Gasteiger partial charge in [-0.2, -0.15) is 0 Å². The Bertz CT molecular complexity index is 653. The first kappa shape index (κ1) is 21.7. The molecule has 1 aromatic carbocycles. The van der Waals surface area contributed by atoms with E-state index in [0.717, 1.165) is 31.9 Å². The van der Waals surface area contributed by atoms with Crippen LogP contribution in [0.3, 0.4) is 0 Å². The maximum absolute atomic E-state index is 11.5. The van der Waals surface area contributed by atoms with E-state index in [1.807, 2.05) is 6.07 Å². The summed E-state index contributed by atoms with van der Waals surface area (Å²) in [5.74, 6) is 0.303. The quantitative estimate of drug-likeness (QED) is 0.303. The average molecular weight is 396 g/mol. The molecule has 0 atom stereocenters. The zero-order valence-electron chi connectivity index (χ0n) is 17.4. The van der Waals surface area contributed by atoms with Gasteiger partial charge in [0.1, 0.15) is 6.61 Å². The molecule has 152 valence electrons. The Kier molecular flexibility index (Phi) is 6.88. The van der Waals surface area contributed by atoms with Gasteiger partial charge in [0.05, 0.1) is 11.5 Å². The lowest BCUT2D eigenvalue weighted by molar-refractivity contribution is -0.385. The molecule has 0 bridgehead atoms. The fourth-order valence-corrected chi connectivity index (χ4v) is 3.72. The van der Waals surface area contributed by atoms with Gasteiger partial charge < -0.3 is 19.0 Å². The number of hydrogen-bond donors (Lipinski definition) is 0. The van der Waals surface area contributed by atoms with Gasteiger partial charge >= 0.3 is 5.69 Å². The number of nitro groups is 1. The molecule has 8 heteroatoms. The smallest absolute Gasteiger partial charge is 0.312 e. The number of piperazine rings is 1. The molecule has 0 unspecified atom stereocenters. The molecule has 0 spiro atoms. The minimum Gasteiger partial charge on any atom is -0.484 e. The molecule has 1 aliphatic heterocycles. The van der Waals surface area contributed by atoms with Crippen LogP contribution in [0.2, 0.25) is 18.1 Å². The highest BCUT2D eigenvalue weighted by Gasteiger charge is 2.37. The van der Waals surface area contributed by atoms with Crippen molar-refractivity contribution < 1.29 is 14.1 Å². The van der Waals surface area contributed by atoms with E-state index in [1.54, 1.807) is 12.1 Å². The van der Waals surface area contributed by atoms with Crippen molar-refractivity contribution in [3.8, 4) is 5.75 Å². The van der Waals surface area contributed by atoms with Gasteiger partial charge in [0.2, 0.25) is 0 Å². The van der Waals surface area contributed by atoms with Crippen LogP contribution in [-0.4, -0.2) is 64.6 Å². The van der Waals surface area contributed by atoms with Crippen molar-refractivity contribution in [2.24, 2.45) is 0 Å². The van der Waals surface area contributed by atoms with Gasteiger partial charge in [-0.15, -0.1) is 0 Å². The topological polar surface area (TPSA) is 68.1 Å². The molecule has 0 aromatic heterocycles. The summed E-state index contributed by atoms with van der Waals surface area (Å²) in [6.45, 7) is 15.3. The lowest BCUT2D eigenvalue weighted by atomic mass is 10.2. The summed E-state index contributed by atoms with van der Waals surface area (Å²) in [4.78, 5) is 15.6. The van der Waals surface area contributed by atoms with Gasteiger partial charge in [0.15, 0.2) is 14.1 Å². The normalized spacial score (nSPS) is 16.4. The van der Waals surface area contributed by atoms with Gasteiger partial charge in [-0.25, -0.2) is 0 Å². The van der Waals surface area contributed by atoms with Crippen LogP contribution in [0.5, 0.6) is 5.75 Å². The molecule has 1 fully saturated rings. The minimum atomic E-state index is -1.84. The Morgan fingerprint density at radius 3 is 2.33 bits per heavy atom. The van der Waals surface area contributed by atoms with Crippen LogP contribution in [-0.2, 0) is 4.43 Å². The first-order valence-electron chi connectivity index (χ1n) is 9.50. The monoisotopic (exact) mass is 395 g/mol. The van der Waals surface area contributed by atoms with Gasteiger partial charge in [-0.3, -0.25) is 10.1 Å². The average Bonchev–Trinajstić information content (AvgIpc) is 2.58. The van der Waals surface area contributed by atoms with E-state index in [1.165, 1.54) is 0 Å². The molecule has 0 saturated carbocycles. The minimum absolute atomic E-state index is 0.0127. The fourth-order valence-electron chi connectivity index (χ4n) is 2.70. The molecular formula is C19H33N3O4Si. The number of ether oxygens (including phenoxy) is 1. The largest absolute Gasteiger partial charge is 0.484 e. The second-order valence-electron chi connectivity index (χ2n) is 8.66. The van der Waals surface area contributed by atoms with E-state index >= 15 is 0 Å². The highest BCUT2D eigenvalue weighted by Crippen LogP contribution is 2.36. The Morgan fingerprint density at radius 1 is 1.15 bits per heavy atom. The SMILES string of the molecule is CN1CCN(c2ccc(OCCO[Si](C)(C)C(C)(C)C)c([N+](=O)[O-])c2)CC1. The maximum atomic E-state index is 11.5. The molecule has 1 heterocycles. The van der Waals surface area contributed by atoms with Crippen LogP contribution in [0.4, 0.5) is 11.4 Å². The molecule has 0 aliphatic carbocycles. The zero-order valence-corrected chi connectivity index (χ0v) is 18.4. The van der Waals surface area contributed by atoms with E-state index in [0.29, 0.717) is 19.0 Å². The van der Waals surface area contributed by atoms with Gasteiger partial charge in [0, 0.05) is 37.9 Å². The second-order valence-corrected chi connectivity index (χ2v) is 13.5. The lowest BCUT2D eigenvalue weighted by Gasteiger charge is -2.36. The molecule has 0 amide bonds. The number of hydrogen-bond acceptors (Lipinski definition) is 6. The van der Waals surface area contributed by atoms with Crippen molar-refractivity contribution >= 4 is 19.7 Å². The summed E-state index contributed by atoms with van der Waals surface area (Å²) < 4.78 is 11.8. The van der Waals surface area contributed by atoms with Crippen molar-refractivity contribution in [1.82, 2.24) is 4.90 Å². The van der Waals surface area contributed by atoms with E-state index < -0.39 is 8.32 Å². The highest BCUT2D eigenvalue weighted by atomic mass is 28.4. The Hall–Kier alpha value is -1.64. The Morgan fingerprint density at radius 2 is 1.78 bits per heavy atom. The predicted octanol–water partition coefficient (Wildman–Crippen LogP) is 3.75. The summed E-state index contributed by atoms with van der Waals surface area (Å²) >= 11 is 0. The number of nitro benzene ring substituents is 1. The van der Waals surface area contributed by atoms with Crippen LogP contribution in [0.15, 0.2) is 18.2 Å². The predicted molar refractivity (Wildman–Crippen MR) is 111 cm³/mol. The van der Waals surface area contributed by atoms with Crippen molar-refractivity contribution in [3.63, 3.8) is 0 Å². The molecule has 1 aliphatic rings. The molecule has 27 heavy (non-hydrogen) atoms. The van der Waals surface area contributed by atoms with E-state index in [4.69, 9.17) is 9.16 Å². The van der Waals surface area contributed by atoms with Gasteiger partial charge in [0.25, 0.3) is 0 Å². The van der Waals surface area contributed by atoms with Crippen molar-refractivity contribution in [2.45, 2.75) is 38.9 Å². The summed E-state index contributed by atoms with van der Waals surface area (Å²) in [5.41, 5.74) is 0.887. The number of likely N-dealkylation sites (N-methyl/N-ethyl adjacent to an activating group) is 1. The van der Waals surface area contributed by atoms with Crippen molar-refractivity contribution in [2.75, 3.05) is 51.3 Å². The Labute approximate surface area is 163 Å². The number of nitrogens with zero attached hydrogens (tertiary/aromatic N) is 3. The van der Waals surface area contributed by atoms with Crippen LogP contribution in [0.1, 0.15) is 20.8 Å². The zero-order chi connectivity index (χ0) is 20.2. The van der Waals surface area contributed by atoms with Crippen LogP contribution in [0.25, 0.3) is 0 Å². The lowest BCUT2D eigenvalue weighted by Crippen LogP contribution is -2.44. The van der Waals surface area contributed by atoms with E-state index in [9.17, 15) is 10.1 Å². The molecule has 0 N–H and O–H groups in total. The first-order chi connectivity index (χ1) is 12.5. The number of anilines is 1. The van der Waals surface area contributed by atoms with E-state index in [-0.39, 0.29) is 15.6 Å². The van der Waals surface area contributed by atoms with Crippen LogP contribution in [0, 0.1) is 10.1 Å². The molecule has 2 rings (SSSR count). The Balaban J connectivity index is 1.99. The molecular weight excluding hydrogens is 362 g/mol. The summed E-state index contributed by atoms with van der Waals surface area (Å²) in [6.07, 6.45) is 0. The second kappa shape index (κ2) is 8.58.